The van der Waals surface area contributed by atoms with Gasteiger partial charge in [0.05, 0.1) is 6.04 Å². The van der Waals surface area contributed by atoms with Gasteiger partial charge in [0.1, 0.15) is 0 Å². The van der Waals surface area contributed by atoms with E-state index in [0.29, 0.717) is 19.8 Å². The quantitative estimate of drug-likeness (QED) is 0.873. The minimum atomic E-state index is -0.421. The number of carbonyl (C=O) groups excluding carboxylic acids is 1. The summed E-state index contributed by atoms with van der Waals surface area (Å²) in [5.41, 5.74) is 7.30. The lowest BCUT2D eigenvalue weighted by Crippen LogP contribution is -2.47. The van der Waals surface area contributed by atoms with Gasteiger partial charge in [0, 0.05) is 19.8 Å². The van der Waals surface area contributed by atoms with Gasteiger partial charge in [0.2, 0.25) is 5.91 Å². The van der Waals surface area contributed by atoms with Crippen LogP contribution in [-0.4, -0.2) is 31.7 Å². The maximum atomic E-state index is 12.2. The number of nitrogens with one attached hydrogen (secondary N) is 1. The second kappa shape index (κ2) is 9.02. The van der Waals surface area contributed by atoms with Crippen molar-refractivity contribution in [3.63, 3.8) is 0 Å². The van der Waals surface area contributed by atoms with Crippen LogP contribution < -0.4 is 11.1 Å². The number of hydrogen-bond donors (Lipinski definition) is 2. The van der Waals surface area contributed by atoms with E-state index in [9.17, 15) is 4.79 Å². The first-order valence-electron chi connectivity index (χ1n) is 8.33. The topological polar surface area (TPSA) is 64.4 Å². The molecule has 130 valence electrons. The zero-order valence-electron chi connectivity index (χ0n) is 13.7. The zero-order chi connectivity index (χ0) is 16.1. The molecule has 3 N–H and O–H groups in total. The van der Waals surface area contributed by atoms with Crippen LogP contribution >= 0.6 is 12.4 Å². The van der Waals surface area contributed by atoms with Crippen molar-refractivity contribution < 1.29 is 9.53 Å². The molecular formula is C19H25ClN2O2. The Morgan fingerprint density at radius 3 is 2.62 bits per heavy atom. The molecule has 0 aromatic heterocycles. The van der Waals surface area contributed by atoms with Crippen LogP contribution in [0.4, 0.5) is 0 Å². The molecule has 1 unspecified atom stereocenters. The van der Waals surface area contributed by atoms with Crippen molar-refractivity contribution in [3.8, 4) is 0 Å². The molecule has 1 heterocycles. The summed E-state index contributed by atoms with van der Waals surface area (Å²) in [7, 11) is 0. The maximum Gasteiger partial charge on any atom is 0.237 e. The molecule has 1 atom stereocenters. The summed E-state index contributed by atoms with van der Waals surface area (Å²) in [5.74, 6) is 0.196. The molecule has 0 aliphatic carbocycles. The van der Waals surface area contributed by atoms with Crippen molar-refractivity contribution in [2.24, 2.45) is 11.7 Å². The second-order valence-electron chi connectivity index (χ2n) is 6.20. The van der Waals surface area contributed by atoms with Gasteiger partial charge in [-0.2, -0.15) is 0 Å². The molecule has 0 saturated carbocycles. The molecule has 1 amide bonds. The van der Waals surface area contributed by atoms with Crippen LogP contribution in [0.2, 0.25) is 0 Å². The highest BCUT2D eigenvalue weighted by atomic mass is 35.5. The Kier molecular flexibility index (Phi) is 7.03. The summed E-state index contributed by atoms with van der Waals surface area (Å²) < 4.78 is 5.32. The standard InChI is InChI=1S/C19H24N2O2.ClH/c20-18(16-8-11-23-12-9-16)19(22)21-10-7-14-5-6-15-3-1-2-4-17(15)13-14;/h1-6,13,16,18H,7-12,20H2,(H,21,22);1H. The lowest BCUT2D eigenvalue weighted by Gasteiger charge is -2.26. The fraction of sp³-hybridized carbons (Fsp3) is 0.421. The first-order chi connectivity index (χ1) is 11.2. The van der Waals surface area contributed by atoms with Crippen LogP contribution in [0, 0.1) is 5.92 Å². The van der Waals surface area contributed by atoms with Crippen LogP contribution in [0.15, 0.2) is 42.5 Å². The Morgan fingerprint density at radius 1 is 1.17 bits per heavy atom. The summed E-state index contributed by atoms with van der Waals surface area (Å²) >= 11 is 0. The van der Waals surface area contributed by atoms with E-state index in [1.807, 2.05) is 12.1 Å². The monoisotopic (exact) mass is 348 g/mol. The van der Waals surface area contributed by atoms with E-state index in [4.69, 9.17) is 10.5 Å². The molecular weight excluding hydrogens is 324 g/mol. The normalized spacial score (nSPS) is 16.4. The fourth-order valence-corrected chi connectivity index (χ4v) is 3.13. The van der Waals surface area contributed by atoms with E-state index < -0.39 is 6.04 Å². The third-order valence-electron chi connectivity index (χ3n) is 4.60. The molecule has 3 rings (SSSR count). The number of ether oxygens (including phenoxy) is 1. The van der Waals surface area contributed by atoms with E-state index in [2.05, 4.69) is 35.6 Å². The Bertz CT molecular complexity index is 671. The van der Waals surface area contributed by atoms with Crippen molar-refractivity contribution in [2.75, 3.05) is 19.8 Å². The summed E-state index contributed by atoms with van der Waals surface area (Å²) in [5, 5.41) is 5.44. The van der Waals surface area contributed by atoms with Gasteiger partial charge in [-0.1, -0.05) is 42.5 Å². The number of hydrogen-bond acceptors (Lipinski definition) is 3. The highest BCUT2D eigenvalue weighted by Crippen LogP contribution is 2.18. The van der Waals surface area contributed by atoms with Gasteiger partial charge in [0.25, 0.3) is 0 Å². The number of rotatable bonds is 5. The molecule has 2 aromatic carbocycles. The van der Waals surface area contributed by atoms with E-state index in [1.165, 1.54) is 16.3 Å². The number of nitrogens with two attached hydrogens (primary N) is 1. The first kappa shape index (κ1) is 18.7. The van der Waals surface area contributed by atoms with Gasteiger partial charge in [-0.3, -0.25) is 4.79 Å². The second-order valence-corrected chi connectivity index (χ2v) is 6.20. The third-order valence-corrected chi connectivity index (χ3v) is 4.60. The van der Waals surface area contributed by atoms with Crippen LogP contribution in [0.25, 0.3) is 10.8 Å². The van der Waals surface area contributed by atoms with Crippen molar-refractivity contribution in [2.45, 2.75) is 25.3 Å². The molecule has 5 heteroatoms. The number of benzene rings is 2. The minimum Gasteiger partial charge on any atom is -0.381 e. The molecule has 2 aromatic rings. The van der Waals surface area contributed by atoms with E-state index in [1.54, 1.807) is 0 Å². The smallest absolute Gasteiger partial charge is 0.237 e. The highest BCUT2D eigenvalue weighted by Gasteiger charge is 2.26. The lowest BCUT2D eigenvalue weighted by molar-refractivity contribution is -0.124. The Balaban J connectivity index is 0.00000208. The average molecular weight is 349 g/mol. The van der Waals surface area contributed by atoms with Gasteiger partial charge in [-0.05, 0) is 41.5 Å². The van der Waals surface area contributed by atoms with Crippen molar-refractivity contribution in [3.05, 3.63) is 48.0 Å². The Labute approximate surface area is 149 Å². The minimum absolute atomic E-state index is 0. The number of amides is 1. The number of carbonyl (C=O) groups is 1. The van der Waals surface area contributed by atoms with Crippen molar-refractivity contribution in [1.29, 1.82) is 0 Å². The number of halogens is 1. The Morgan fingerprint density at radius 2 is 1.88 bits per heavy atom. The average Bonchev–Trinajstić information content (AvgIpc) is 2.61. The highest BCUT2D eigenvalue weighted by molar-refractivity contribution is 5.85. The van der Waals surface area contributed by atoms with Gasteiger partial charge in [0.15, 0.2) is 0 Å². The third kappa shape index (κ3) is 4.69. The van der Waals surface area contributed by atoms with Crippen LogP contribution in [0.3, 0.4) is 0 Å². The molecule has 4 nitrogen and oxygen atoms in total. The molecule has 1 saturated heterocycles. The molecule has 0 radical (unpaired) electrons. The largest absolute Gasteiger partial charge is 0.381 e. The first-order valence-corrected chi connectivity index (χ1v) is 8.33. The van der Waals surface area contributed by atoms with Crippen molar-refractivity contribution in [1.82, 2.24) is 5.32 Å². The SMILES string of the molecule is Cl.NC(C(=O)NCCc1ccc2ccccc2c1)C1CCOCC1. The van der Waals surface area contributed by atoms with E-state index >= 15 is 0 Å². The number of fused-ring (bicyclic) bond motifs is 1. The molecule has 1 fully saturated rings. The zero-order valence-corrected chi connectivity index (χ0v) is 14.6. The predicted octanol–water partition coefficient (Wildman–Crippen LogP) is 2.67. The predicted molar refractivity (Wildman–Crippen MR) is 99.4 cm³/mol. The molecule has 1 aliphatic rings. The molecule has 0 bridgehead atoms. The molecule has 24 heavy (non-hydrogen) atoms. The molecule has 1 aliphatic heterocycles. The summed E-state index contributed by atoms with van der Waals surface area (Å²) in [6, 6.07) is 14.3. The Hall–Kier alpha value is -1.62. The van der Waals surface area contributed by atoms with Gasteiger partial charge in [-0.15, -0.1) is 12.4 Å². The van der Waals surface area contributed by atoms with E-state index in [0.717, 1.165) is 19.3 Å². The molecule has 0 spiro atoms. The van der Waals surface area contributed by atoms with Gasteiger partial charge < -0.3 is 15.8 Å². The van der Waals surface area contributed by atoms with Crippen molar-refractivity contribution >= 4 is 29.1 Å². The van der Waals surface area contributed by atoms with Crippen LogP contribution in [-0.2, 0) is 16.0 Å². The van der Waals surface area contributed by atoms with Gasteiger partial charge in [-0.25, -0.2) is 0 Å². The summed E-state index contributed by atoms with van der Waals surface area (Å²) in [6.45, 7) is 2.04. The van der Waals surface area contributed by atoms with Crippen LogP contribution in [0.1, 0.15) is 18.4 Å². The summed E-state index contributed by atoms with van der Waals surface area (Å²) in [4.78, 5) is 12.2. The lowest BCUT2D eigenvalue weighted by atomic mass is 9.92. The summed E-state index contributed by atoms with van der Waals surface area (Å²) in [6.07, 6.45) is 2.57. The maximum absolute atomic E-state index is 12.2. The van der Waals surface area contributed by atoms with Gasteiger partial charge >= 0.3 is 0 Å². The fourth-order valence-electron chi connectivity index (χ4n) is 3.13. The van der Waals surface area contributed by atoms with E-state index in [-0.39, 0.29) is 24.2 Å². The van der Waals surface area contributed by atoms with Crippen LogP contribution in [0.5, 0.6) is 0 Å².